The fraction of sp³-hybridized carbons (Fsp3) is 0.273. The number of methoxy groups -OCH3 is 1. The SMILES string of the molecule is COc1cccc2c1OC1OC=CC21. The van der Waals surface area contributed by atoms with Crippen LogP contribution in [0.2, 0.25) is 0 Å². The van der Waals surface area contributed by atoms with Gasteiger partial charge < -0.3 is 14.2 Å². The van der Waals surface area contributed by atoms with Crippen LogP contribution in [0.25, 0.3) is 0 Å². The Balaban J connectivity index is 2.12. The van der Waals surface area contributed by atoms with Gasteiger partial charge in [0.25, 0.3) is 6.29 Å². The fourth-order valence-electron chi connectivity index (χ4n) is 1.93. The normalized spacial score (nSPS) is 26.4. The highest BCUT2D eigenvalue weighted by molar-refractivity contribution is 5.52. The molecule has 0 spiro atoms. The van der Waals surface area contributed by atoms with Gasteiger partial charge in [0.2, 0.25) is 0 Å². The summed E-state index contributed by atoms with van der Waals surface area (Å²) >= 11 is 0. The molecule has 0 fully saturated rings. The van der Waals surface area contributed by atoms with E-state index in [1.165, 1.54) is 0 Å². The molecule has 0 aliphatic carbocycles. The standard InChI is InChI=1S/C11H10O3/c1-12-9-4-2-3-7-8-5-6-13-11(8)14-10(7)9/h2-6,8,11H,1H3. The van der Waals surface area contributed by atoms with Gasteiger partial charge in [-0.15, -0.1) is 0 Å². The van der Waals surface area contributed by atoms with Crippen LogP contribution in [0.1, 0.15) is 11.5 Å². The zero-order chi connectivity index (χ0) is 9.54. The quantitative estimate of drug-likeness (QED) is 0.678. The molecule has 2 unspecified atom stereocenters. The van der Waals surface area contributed by atoms with Crippen molar-refractivity contribution in [1.29, 1.82) is 0 Å². The van der Waals surface area contributed by atoms with E-state index >= 15 is 0 Å². The average Bonchev–Trinajstić information content (AvgIpc) is 2.76. The number of hydrogen-bond acceptors (Lipinski definition) is 3. The summed E-state index contributed by atoms with van der Waals surface area (Å²) in [5, 5.41) is 0. The lowest BCUT2D eigenvalue weighted by Crippen LogP contribution is -2.14. The second kappa shape index (κ2) is 2.67. The van der Waals surface area contributed by atoms with Crippen molar-refractivity contribution in [3.05, 3.63) is 36.1 Å². The number of rotatable bonds is 1. The molecule has 2 atom stereocenters. The molecule has 1 aromatic carbocycles. The van der Waals surface area contributed by atoms with Crippen LogP contribution in [0.15, 0.2) is 30.5 Å². The lowest BCUT2D eigenvalue weighted by molar-refractivity contribution is -0.00603. The van der Waals surface area contributed by atoms with Gasteiger partial charge in [-0.3, -0.25) is 0 Å². The molecule has 3 heteroatoms. The zero-order valence-corrected chi connectivity index (χ0v) is 7.77. The first-order valence-electron chi connectivity index (χ1n) is 4.56. The maximum atomic E-state index is 5.64. The lowest BCUT2D eigenvalue weighted by Gasteiger charge is -2.09. The third-order valence-electron chi connectivity index (χ3n) is 2.61. The van der Waals surface area contributed by atoms with Crippen molar-refractivity contribution in [2.75, 3.05) is 7.11 Å². The van der Waals surface area contributed by atoms with Crippen LogP contribution in [0.4, 0.5) is 0 Å². The Kier molecular flexibility index (Phi) is 1.48. The molecule has 2 aliphatic rings. The van der Waals surface area contributed by atoms with E-state index in [1.54, 1.807) is 13.4 Å². The smallest absolute Gasteiger partial charge is 0.250 e. The van der Waals surface area contributed by atoms with Crippen LogP contribution in [0, 0.1) is 0 Å². The average molecular weight is 190 g/mol. The van der Waals surface area contributed by atoms with Gasteiger partial charge >= 0.3 is 0 Å². The molecule has 1 aromatic rings. The van der Waals surface area contributed by atoms with E-state index in [1.807, 2.05) is 24.3 Å². The van der Waals surface area contributed by atoms with E-state index in [4.69, 9.17) is 14.2 Å². The Bertz CT molecular complexity index is 398. The third-order valence-corrected chi connectivity index (χ3v) is 2.61. The Hall–Kier alpha value is -1.64. The molecule has 2 heterocycles. The van der Waals surface area contributed by atoms with E-state index in [2.05, 4.69) is 0 Å². The Morgan fingerprint density at radius 3 is 3.14 bits per heavy atom. The molecule has 0 N–H and O–H groups in total. The first kappa shape index (κ1) is 7.74. The zero-order valence-electron chi connectivity index (χ0n) is 7.77. The van der Waals surface area contributed by atoms with E-state index in [-0.39, 0.29) is 12.2 Å². The van der Waals surface area contributed by atoms with E-state index in [9.17, 15) is 0 Å². The van der Waals surface area contributed by atoms with Gasteiger partial charge in [0.05, 0.1) is 19.3 Å². The first-order chi connectivity index (χ1) is 6.90. The van der Waals surface area contributed by atoms with Crippen molar-refractivity contribution in [2.24, 2.45) is 0 Å². The van der Waals surface area contributed by atoms with Crippen molar-refractivity contribution in [2.45, 2.75) is 12.2 Å². The van der Waals surface area contributed by atoms with Crippen molar-refractivity contribution < 1.29 is 14.2 Å². The van der Waals surface area contributed by atoms with Crippen LogP contribution in [0.5, 0.6) is 11.5 Å². The molecule has 14 heavy (non-hydrogen) atoms. The summed E-state index contributed by atoms with van der Waals surface area (Å²) in [6.07, 6.45) is 3.51. The van der Waals surface area contributed by atoms with Crippen LogP contribution in [0.3, 0.4) is 0 Å². The molecule has 3 nitrogen and oxygen atoms in total. The second-order valence-corrected chi connectivity index (χ2v) is 3.36. The topological polar surface area (TPSA) is 27.7 Å². The summed E-state index contributed by atoms with van der Waals surface area (Å²) in [6.45, 7) is 0. The van der Waals surface area contributed by atoms with Crippen LogP contribution in [-0.2, 0) is 4.74 Å². The number of fused-ring (bicyclic) bond motifs is 3. The molecule has 3 rings (SSSR count). The molecule has 0 radical (unpaired) electrons. The minimum atomic E-state index is -0.193. The number of hydrogen-bond donors (Lipinski definition) is 0. The predicted molar refractivity (Wildman–Crippen MR) is 50.4 cm³/mol. The summed E-state index contributed by atoms with van der Waals surface area (Å²) in [4.78, 5) is 0. The maximum Gasteiger partial charge on any atom is 0.250 e. The summed E-state index contributed by atoms with van der Waals surface area (Å²) < 4.78 is 16.2. The van der Waals surface area contributed by atoms with Crippen molar-refractivity contribution >= 4 is 0 Å². The highest BCUT2D eigenvalue weighted by Gasteiger charge is 2.38. The summed E-state index contributed by atoms with van der Waals surface area (Å²) in [5.41, 5.74) is 1.14. The van der Waals surface area contributed by atoms with Crippen LogP contribution >= 0.6 is 0 Å². The minimum Gasteiger partial charge on any atom is -0.493 e. The fourth-order valence-corrected chi connectivity index (χ4v) is 1.93. The Morgan fingerprint density at radius 1 is 1.36 bits per heavy atom. The molecule has 2 aliphatic heterocycles. The molecule has 0 saturated carbocycles. The van der Waals surface area contributed by atoms with Crippen LogP contribution < -0.4 is 9.47 Å². The van der Waals surface area contributed by atoms with Gasteiger partial charge in [0, 0.05) is 5.56 Å². The highest BCUT2D eigenvalue weighted by Crippen LogP contribution is 2.46. The monoisotopic (exact) mass is 190 g/mol. The Labute approximate surface area is 81.9 Å². The van der Waals surface area contributed by atoms with Crippen LogP contribution in [-0.4, -0.2) is 13.4 Å². The molecular formula is C11H10O3. The molecule has 0 bridgehead atoms. The number of ether oxygens (including phenoxy) is 3. The van der Waals surface area contributed by atoms with Gasteiger partial charge in [-0.1, -0.05) is 12.1 Å². The molecule has 0 saturated heterocycles. The van der Waals surface area contributed by atoms with Gasteiger partial charge in [0.15, 0.2) is 11.5 Å². The highest BCUT2D eigenvalue weighted by atomic mass is 16.7. The first-order valence-corrected chi connectivity index (χ1v) is 4.56. The maximum absolute atomic E-state index is 5.64. The number of benzene rings is 1. The lowest BCUT2D eigenvalue weighted by atomic mass is 10.0. The van der Waals surface area contributed by atoms with Gasteiger partial charge in [0.1, 0.15) is 0 Å². The van der Waals surface area contributed by atoms with Gasteiger partial charge in [-0.2, -0.15) is 0 Å². The summed E-state index contributed by atoms with van der Waals surface area (Å²) in [5.74, 6) is 1.81. The Morgan fingerprint density at radius 2 is 2.29 bits per heavy atom. The van der Waals surface area contributed by atoms with Crippen molar-refractivity contribution in [3.8, 4) is 11.5 Å². The van der Waals surface area contributed by atoms with E-state index in [0.717, 1.165) is 17.1 Å². The van der Waals surface area contributed by atoms with Gasteiger partial charge in [-0.25, -0.2) is 0 Å². The number of para-hydroxylation sites is 1. The van der Waals surface area contributed by atoms with E-state index in [0.29, 0.717) is 0 Å². The van der Waals surface area contributed by atoms with Crippen molar-refractivity contribution in [3.63, 3.8) is 0 Å². The largest absolute Gasteiger partial charge is 0.493 e. The van der Waals surface area contributed by atoms with Crippen molar-refractivity contribution in [1.82, 2.24) is 0 Å². The van der Waals surface area contributed by atoms with Gasteiger partial charge in [-0.05, 0) is 12.1 Å². The third kappa shape index (κ3) is 0.867. The minimum absolute atomic E-state index is 0.193. The molecule has 0 amide bonds. The van der Waals surface area contributed by atoms with E-state index < -0.39 is 0 Å². The summed E-state index contributed by atoms with van der Waals surface area (Å²) in [7, 11) is 1.64. The second-order valence-electron chi connectivity index (χ2n) is 3.36. The molecular weight excluding hydrogens is 180 g/mol. The molecule has 72 valence electrons. The molecule has 0 aromatic heterocycles. The summed E-state index contributed by atoms with van der Waals surface area (Å²) in [6, 6.07) is 5.90. The predicted octanol–water partition coefficient (Wildman–Crippen LogP) is 2.04.